The molecule has 0 amide bonds. The van der Waals surface area contributed by atoms with E-state index >= 15 is 0 Å². The van der Waals surface area contributed by atoms with Crippen molar-refractivity contribution in [3.8, 4) is 22.3 Å². The van der Waals surface area contributed by atoms with Gasteiger partial charge in [-0.2, -0.15) is 0 Å². The van der Waals surface area contributed by atoms with Crippen LogP contribution in [0.15, 0.2) is 72.8 Å². The molecule has 0 aromatic heterocycles. The Morgan fingerprint density at radius 1 is 0.650 bits per heavy atom. The lowest BCUT2D eigenvalue weighted by Crippen LogP contribution is -1.90. The summed E-state index contributed by atoms with van der Waals surface area (Å²) in [5, 5.41) is 0. The van der Waals surface area contributed by atoms with Crippen LogP contribution in [-0.2, 0) is 0 Å². The van der Waals surface area contributed by atoms with Crippen LogP contribution >= 0.6 is 22.6 Å². The van der Waals surface area contributed by atoms with Crippen LogP contribution in [-0.4, -0.2) is 0 Å². The smallest absolute Gasteiger partial charge is 0.0287 e. The first-order chi connectivity index (χ1) is 9.75. The van der Waals surface area contributed by atoms with Crippen LogP contribution < -0.4 is 0 Å². The molecule has 3 aromatic carbocycles. The fourth-order valence-electron chi connectivity index (χ4n) is 2.42. The molecule has 0 atom stereocenters. The molecule has 0 saturated carbocycles. The number of aryl methyl sites for hydroxylation is 1. The van der Waals surface area contributed by atoms with Crippen molar-refractivity contribution in [1.29, 1.82) is 0 Å². The summed E-state index contributed by atoms with van der Waals surface area (Å²) in [6, 6.07) is 25.7. The molecule has 0 N–H and O–H groups in total. The molecule has 0 aliphatic heterocycles. The molecule has 0 fully saturated rings. The number of hydrogen-bond acceptors (Lipinski definition) is 0. The fraction of sp³-hybridized carbons (Fsp3) is 0.0526. The van der Waals surface area contributed by atoms with E-state index in [1.54, 1.807) is 0 Å². The number of halogens is 1. The van der Waals surface area contributed by atoms with Crippen molar-refractivity contribution in [2.24, 2.45) is 0 Å². The maximum atomic E-state index is 2.46. The van der Waals surface area contributed by atoms with Crippen LogP contribution in [0.1, 0.15) is 5.56 Å². The van der Waals surface area contributed by atoms with E-state index in [9.17, 15) is 0 Å². The molecule has 20 heavy (non-hydrogen) atoms. The van der Waals surface area contributed by atoms with E-state index < -0.39 is 0 Å². The molecule has 0 bridgehead atoms. The average Bonchev–Trinajstić information content (AvgIpc) is 2.51. The third-order valence-corrected chi connectivity index (χ3v) is 4.55. The van der Waals surface area contributed by atoms with E-state index in [1.165, 1.54) is 31.4 Å². The topological polar surface area (TPSA) is 0 Å². The predicted octanol–water partition coefficient (Wildman–Crippen LogP) is 5.93. The quantitative estimate of drug-likeness (QED) is 0.490. The second kappa shape index (κ2) is 5.80. The van der Waals surface area contributed by atoms with E-state index in [1.807, 2.05) is 0 Å². The third-order valence-electron chi connectivity index (χ3n) is 3.39. The lowest BCUT2D eigenvalue weighted by atomic mass is 9.96. The summed E-state index contributed by atoms with van der Waals surface area (Å²) >= 11 is 2.46. The van der Waals surface area contributed by atoms with Gasteiger partial charge in [0.05, 0.1) is 0 Å². The first kappa shape index (κ1) is 13.4. The zero-order chi connectivity index (χ0) is 13.9. The van der Waals surface area contributed by atoms with Crippen LogP contribution in [0.4, 0.5) is 0 Å². The molecule has 0 radical (unpaired) electrons. The largest absolute Gasteiger partial charge is 0.0622 e. The molecule has 0 saturated heterocycles. The Kier molecular flexibility index (Phi) is 3.88. The number of benzene rings is 3. The van der Waals surface area contributed by atoms with Crippen molar-refractivity contribution in [3.05, 3.63) is 81.9 Å². The summed E-state index contributed by atoms with van der Waals surface area (Å²) in [5.41, 5.74) is 6.47. The molecule has 0 nitrogen and oxygen atoms in total. The van der Waals surface area contributed by atoms with Crippen LogP contribution in [0.25, 0.3) is 22.3 Å². The Hall–Kier alpha value is -1.61. The van der Waals surface area contributed by atoms with Gasteiger partial charge in [-0.15, -0.1) is 0 Å². The molecule has 0 unspecified atom stereocenters. The summed E-state index contributed by atoms with van der Waals surface area (Å²) in [6.07, 6.45) is 0. The van der Waals surface area contributed by atoms with Gasteiger partial charge in [-0.25, -0.2) is 0 Å². The highest BCUT2D eigenvalue weighted by Crippen LogP contribution is 2.34. The lowest BCUT2D eigenvalue weighted by Gasteiger charge is -2.12. The van der Waals surface area contributed by atoms with Crippen LogP contribution in [0.3, 0.4) is 0 Å². The van der Waals surface area contributed by atoms with Gasteiger partial charge in [0.25, 0.3) is 0 Å². The first-order valence-corrected chi connectivity index (χ1v) is 7.74. The fourth-order valence-corrected chi connectivity index (χ4v) is 3.36. The summed E-state index contributed by atoms with van der Waals surface area (Å²) in [4.78, 5) is 0. The highest BCUT2D eigenvalue weighted by atomic mass is 127. The van der Waals surface area contributed by atoms with Gasteiger partial charge in [-0.05, 0) is 57.3 Å². The van der Waals surface area contributed by atoms with Gasteiger partial charge in [-0.1, -0.05) is 72.8 Å². The molecular weight excluding hydrogens is 355 g/mol. The number of hydrogen-bond donors (Lipinski definition) is 0. The van der Waals surface area contributed by atoms with Crippen molar-refractivity contribution >= 4 is 22.6 Å². The third kappa shape index (κ3) is 2.63. The maximum absolute atomic E-state index is 2.46. The monoisotopic (exact) mass is 370 g/mol. The van der Waals surface area contributed by atoms with E-state index in [0.29, 0.717) is 0 Å². The van der Waals surface area contributed by atoms with Crippen LogP contribution in [0.2, 0.25) is 0 Å². The highest BCUT2D eigenvalue weighted by Gasteiger charge is 2.10. The minimum atomic E-state index is 1.28. The Morgan fingerprint density at radius 2 is 1.05 bits per heavy atom. The molecule has 0 heterocycles. The molecule has 0 spiro atoms. The Balaban J connectivity index is 2.22. The van der Waals surface area contributed by atoms with E-state index in [0.717, 1.165) is 0 Å². The lowest BCUT2D eigenvalue weighted by molar-refractivity contribution is 1.44. The van der Waals surface area contributed by atoms with E-state index in [4.69, 9.17) is 0 Å². The van der Waals surface area contributed by atoms with Gasteiger partial charge >= 0.3 is 0 Å². The van der Waals surface area contributed by atoms with Crippen LogP contribution in [0, 0.1) is 10.5 Å². The molecule has 98 valence electrons. The summed E-state index contributed by atoms with van der Waals surface area (Å²) in [5.74, 6) is 0. The molecule has 3 rings (SSSR count). The van der Waals surface area contributed by atoms with Crippen molar-refractivity contribution in [2.45, 2.75) is 6.92 Å². The van der Waals surface area contributed by atoms with Crippen molar-refractivity contribution in [2.75, 3.05) is 0 Å². The summed E-state index contributed by atoms with van der Waals surface area (Å²) < 4.78 is 1.31. The summed E-state index contributed by atoms with van der Waals surface area (Å²) in [7, 11) is 0. The van der Waals surface area contributed by atoms with Crippen LogP contribution in [0.5, 0.6) is 0 Å². The normalized spacial score (nSPS) is 10.5. The second-order valence-electron chi connectivity index (χ2n) is 4.91. The van der Waals surface area contributed by atoms with Gasteiger partial charge < -0.3 is 0 Å². The molecule has 0 aliphatic rings. The molecule has 3 aromatic rings. The Labute approximate surface area is 133 Å². The van der Waals surface area contributed by atoms with Gasteiger partial charge in [0, 0.05) is 3.57 Å². The highest BCUT2D eigenvalue weighted by molar-refractivity contribution is 14.1. The number of rotatable bonds is 2. The van der Waals surface area contributed by atoms with Gasteiger partial charge in [0.15, 0.2) is 0 Å². The van der Waals surface area contributed by atoms with E-state index in [2.05, 4.69) is 102 Å². The molecule has 0 aliphatic carbocycles. The Bertz CT molecular complexity index is 655. The van der Waals surface area contributed by atoms with Crippen molar-refractivity contribution in [3.63, 3.8) is 0 Å². The zero-order valence-corrected chi connectivity index (χ0v) is 13.5. The predicted molar refractivity (Wildman–Crippen MR) is 94.8 cm³/mol. The van der Waals surface area contributed by atoms with Gasteiger partial charge in [0.2, 0.25) is 0 Å². The SMILES string of the molecule is Cc1cc(-c2ccccc2)c(I)c(-c2ccccc2)c1. The summed E-state index contributed by atoms with van der Waals surface area (Å²) in [6.45, 7) is 2.16. The molecule has 1 heteroatoms. The van der Waals surface area contributed by atoms with Gasteiger partial charge in [-0.3, -0.25) is 0 Å². The zero-order valence-electron chi connectivity index (χ0n) is 11.3. The first-order valence-electron chi connectivity index (χ1n) is 6.67. The van der Waals surface area contributed by atoms with Crippen molar-refractivity contribution in [1.82, 2.24) is 0 Å². The second-order valence-corrected chi connectivity index (χ2v) is 5.98. The maximum Gasteiger partial charge on any atom is 0.0287 e. The van der Waals surface area contributed by atoms with E-state index in [-0.39, 0.29) is 0 Å². The Morgan fingerprint density at radius 3 is 1.45 bits per heavy atom. The van der Waals surface area contributed by atoms with Gasteiger partial charge in [0.1, 0.15) is 0 Å². The average molecular weight is 370 g/mol. The minimum absolute atomic E-state index is 1.28. The minimum Gasteiger partial charge on any atom is -0.0622 e. The van der Waals surface area contributed by atoms with Crippen molar-refractivity contribution < 1.29 is 0 Å². The standard InChI is InChI=1S/C19H15I/c1-14-12-17(15-8-4-2-5-9-15)19(20)18(13-14)16-10-6-3-7-11-16/h2-13H,1H3. The molecular formula is C19H15I.